The molecular weight excluding hydrogens is 355 g/mol. The number of hydrogen-bond acceptors (Lipinski definition) is 4. The van der Waals surface area contributed by atoms with Crippen LogP contribution < -0.4 is 5.32 Å². The molecule has 1 aromatic carbocycles. The number of thiophene rings is 1. The topological polar surface area (TPSA) is 78.1 Å². The maximum absolute atomic E-state index is 13.2. The summed E-state index contributed by atoms with van der Waals surface area (Å²) in [5.74, 6) is -0.957. The second kappa shape index (κ2) is 6.72. The number of nitrogens with one attached hydrogen (secondary N) is 2. The molecule has 0 aliphatic carbocycles. The number of nitrogens with zero attached hydrogens (tertiary/aromatic N) is 2. The summed E-state index contributed by atoms with van der Waals surface area (Å²) < 4.78 is 13.2. The minimum Gasteiger partial charge on any atom is -0.352 e. The molecule has 4 rings (SSSR count). The third kappa shape index (κ3) is 2.88. The van der Waals surface area contributed by atoms with Gasteiger partial charge in [0.2, 0.25) is 5.91 Å². The van der Waals surface area contributed by atoms with Gasteiger partial charge in [0.1, 0.15) is 11.9 Å². The number of carbonyl (C=O) groups is 2. The second-order valence-electron chi connectivity index (χ2n) is 5.88. The summed E-state index contributed by atoms with van der Waals surface area (Å²) in [6, 6.07) is 8.62. The van der Waals surface area contributed by atoms with Crippen LogP contribution in [0.5, 0.6) is 0 Å². The maximum atomic E-state index is 13.2. The molecule has 1 atom stereocenters. The van der Waals surface area contributed by atoms with Gasteiger partial charge in [-0.3, -0.25) is 14.7 Å². The number of piperazine rings is 1. The monoisotopic (exact) mass is 370 g/mol. The van der Waals surface area contributed by atoms with Crippen molar-refractivity contribution in [3.8, 4) is 10.6 Å². The summed E-state index contributed by atoms with van der Waals surface area (Å²) in [5.41, 5.74) is 1.61. The molecule has 26 heavy (non-hydrogen) atoms. The van der Waals surface area contributed by atoms with Crippen LogP contribution in [0.4, 0.5) is 4.39 Å². The van der Waals surface area contributed by atoms with Crippen LogP contribution in [0.15, 0.2) is 48.0 Å². The third-order valence-corrected chi connectivity index (χ3v) is 5.18. The van der Waals surface area contributed by atoms with Gasteiger partial charge in [-0.1, -0.05) is 18.2 Å². The van der Waals surface area contributed by atoms with Crippen molar-refractivity contribution in [2.24, 2.45) is 0 Å². The van der Waals surface area contributed by atoms with Gasteiger partial charge in [0.15, 0.2) is 0 Å². The Morgan fingerprint density at radius 1 is 1.27 bits per heavy atom. The lowest BCUT2D eigenvalue weighted by atomic mass is 10.0. The molecule has 2 amide bonds. The van der Waals surface area contributed by atoms with Gasteiger partial charge in [0, 0.05) is 13.1 Å². The molecule has 2 N–H and O–H groups in total. The summed E-state index contributed by atoms with van der Waals surface area (Å²) in [7, 11) is 0. The van der Waals surface area contributed by atoms with Gasteiger partial charge in [0.25, 0.3) is 5.91 Å². The molecule has 0 bridgehead atoms. The molecule has 6 nitrogen and oxygen atoms in total. The fraction of sp³-hybridized carbons (Fsp3) is 0.167. The number of aromatic nitrogens is 2. The smallest absolute Gasteiger partial charge is 0.258 e. The largest absolute Gasteiger partial charge is 0.352 e. The molecule has 1 unspecified atom stereocenters. The van der Waals surface area contributed by atoms with Gasteiger partial charge in [-0.05, 0) is 29.1 Å². The highest BCUT2D eigenvalue weighted by Crippen LogP contribution is 2.30. The summed E-state index contributed by atoms with van der Waals surface area (Å²) in [6.45, 7) is 0.732. The van der Waals surface area contributed by atoms with E-state index in [9.17, 15) is 14.0 Å². The van der Waals surface area contributed by atoms with Gasteiger partial charge in [-0.15, -0.1) is 11.3 Å². The number of hydrogen-bond donors (Lipinski definition) is 2. The zero-order valence-corrected chi connectivity index (χ0v) is 14.4. The van der Waals surface area contributed by atoms with Crippen molar-refractivity contribution in [1.29, 1.82) is 0 Å². The van der Waals surface area contributed by atoms with E-state index >= 15 is 0 Å². The Bertz CT molecular complexity index is 937. The van der Waals surface area contributed by atoms with E-state index in [2.05, 4.69) is 15.5 Å². The Kier molecular flexibility index (Phi) is 4.26. The molecule has 0 radical (unpaired) electrons. The van der Waals surface area contributed by atoms with Crippen molar-refractivity contribution >= 4 is 23.2 Å². The van der Waals surface area contributed by atoms with Crippen LogP contribution in [0.2, 0.25) is 0 Å². The Morgan fingerprint density at radius 2 is 2.08 bits per heavy atom. The number of benzene rings is 1. The minimum atomic E-state index is -0.803. The zero-order valence-electron chi connectivity index (χ0n) is 13.6. The lowest BCUT2D eigenvalue weighted by molar-refractivity contribution is -0.128. The first kappa shape index (κ1) is 16.5. The zero-order chi connectivity index (χ0) is 18.1. The summed E-state index contributed by atoms with van der Waals surface area (Å²) >= 11 is 1.50. The molecule has 1 saturated heterocycles. The normalized spacial score (nSPS) is 17.2. The average Bonchev–Trinajstić information content (AvgIpc) is 3.33. The van der Waals surface area contributed by atoms with Gasteiger partial charge < -0.3 is 10.2 Å². The molecule has 1 aliphatic rings. The van der Waals surface area contributed by atoms with E-state index in [0.717, 1.165) is 4.88 Å². The van der Waals surface area contributed by atoms with Crippen LogP contribution in [0.25, 0.3) is 10.6 Å². The Balaban J connectivity index is 1.71. The number of carbonyl (C=O) groups excluding carboxylic acids is 2. The van der Waals surface area contributed by atoms with Crippen molar-refractivity contribution in [1.82, 2.24) is 20.4 Å². The van der Waals surface area contributed by atoms with Gasteiger partial charge in [-0.25, -0.2) is 4.39 Å². The molecule has 0 saturated carbocycles. The molecule has 132 valence electrons. The van der Waals surface area contributed by atoms with Crippen molar-refractivity contribution in [2.75, 3.05) is 13.1 Å². The minimum absolute atomic E-state index is 0.280. The van der Waals surface area contributed by atoms with Crippen LogP contribution >= 0.6 is 11.3 Å². The standard InChI is InChI=1S/C18H15FN4O2S/c19-12-5-3-11(4-6-12)16-17(24)20-7-8-23(16)18(25)13-10-21-22-15(13)14-2-1-9-26-14/h1-6,9-10,16H,7-8H2,(H,20,24)(H,21,22). The Morgan fingerprint density at radius 3 is 2.81 bits per heavy atom. The van der Waals surface area contributed by atoms with Crippen LogP contribution in [-0.2, 0) is 4.79 Å². The first-order valence-corrected chi connectivity index (χ1v) is 8.94. The van der Waals surface area contributed by atoms with Crippen molar-refractivity contribution < 1.29 is 14.0 Å². The van der Waals surface area contributed by atoms with E-state index in [1.54, 1.807) is 0 Å². The van der Waals surface area contributed by atoms with E-state index in [1.165, 1.54) is 46.7 Å². The number of aromatic amines is 1. The number of rotatable bonds is 3. The van der Waals surface area contributed by atoms with E-state index in [4.69, 9.17) is 0 Å². The fourth-order valence-corrected chi connectivity index (χ4v) is 3.81. The summed E-state index contributed by atoms with van der Waals surface area (Å²) in [6.07, 6.45) is 1.48. The summed E-state index contributed by atoms with van der Waals surface area (Å²) in [4.78, 5) is 28.0. The predicted octanol–water partition coefficient (Wildman–Crippen LogP) is 2.59. The molecule has 8 heteroatoms. The van der Waals surface area contributed by atoms with E-state index < -0.39 is 11.9 Å². The predicted molar refractivity (Wildman–Crippen MR) is 95.1 cm³/mol. The highest BCUT2D eigenvalue weighted by Gasteiger charge is 2.36. The van der Waals surface area contributed by atoms with Crippen LogP contribution in [0.3, 0.4) is 0 Å². The molecule has 1 aliphatic heterocycles. The molecule has 0 spiro atoms. The maximum Gasteiger partial charge on any atom is 0.258 e. The highest BCUT2D eigenvalue weighted by atomic mass is 32.1. The fourth-order valence-electron chi connectivity index (χ4n) is 3.07. The van der Waals surface area contributed by atoms with Crippen molar-refractivity contribution in [3.05, 3.63) is 64.9 Å². The van der Waals surface area contributed by atoms with Gasteiger partial charge >= 0.3 is 0 Å². The number of amides is 2. The lowest BCUT2D eigenvalue weighted by Crippen LogP contribution is -2.52. The number of H-pyrrole nitrogens is 1. The third-order valence-electron chi connectivity index (χ3n) is 4.30. The van der Waals surface area contributed by atoms with Crippen molar-refractivity contribution in [3.63, 3.8) is 0 Å². The van der Waals surface area contributed by atoms with Gasteiger partial charge in [-0.2, -0.15) is 5.10 Å². The van der Waals surface area contributed by atoms with Gasteiger partial charge in [0.05, 0.1) is 22.3 Å². The van der Waals surface area contributed by atoms with Crippen LogP contribution in [0.1, 0.15) is 22.0 Å². The van der Waals surface area contributed by atoms with Crippen molar-refractivity contribution in [2.45, 2.75) is 6.04 Å². The van der Waals surface area contributed by atoms with E-state index in [1.807, 2.05) is 17.5 Å². The van der Waals surface area contributed by atoms with E-state index in [0.29, 0.717) is 29.9 Å². The molecule has 3 heterocycles. The highest BCUT2D eigenvalue weighted by molar-refractivity contribution is 7.13. The summed E-state index contributed by atoms with van der Waals surface area (Å²) in [5, 5.41) is 11.6. The first-order valence-electron chi connectivity index (χ1n) is 8.06. The molecule has 3 aromatic rings. The average molecular weight is 370 g/mol. The Labute approximate surface area is 152 Å². The molecule has 2 aromatic heterocycles. The second-order valence-corrected chi connectivity index (χ2v) is 6.83. The Hall–Kier alpha value is -3.00. The van der Waals surface area contributed by atoms with Crippen LogP contribution in [-0.4, -0.2) is 40.0 Å². The molecular formula is C18H15FN4O2S. The van der Waals surface area contributed by atoms with E-state index in [-0.39, 0.29) is 11.8 Å². The number of halogens is 1. The lowest BCUT2D eigenvalue weighted by Gasteiger charge is -2.35. The first-order chi connectivity index (χ1) is 12.6. The quantitative estimate of drug-likeness (QED) is 0.744. The molecule has 1 fully saturated rings. The van der Waals surface area contributed by atoms with Crippen LogP contribution in [0, 0.1) is 5.82 Å². The SMILES string of the molecule is O=C1NCCN(C(=O)c2cn[nH]c2-c2cccs2)C1c1ccc(F)cc1.